The number of urea groups is 1. The van der Waals surface area contributed by atoms with Gasteiger partial charge in [0.15, 0.2) is 0 Å². The van der Waals surface area contributed by atoms with Crippen LogP contribution < -0.4 is 15.0 Å². The molecule has 0 aliphatic carbocycles. The van der Waals surface area contributed by atoms with Gasteiger partial charge >= 0.3 is 6.03 Å². The lowest BCUT2D eigenvalue weighted by Gasteiger charge is -2.25. The summed E-state index contributed by atoms with van der Waals surface area (Å²) >= 11 is 0. The second-order valence-electron chi connectivity index (χ2n) is 6.84. The second-order valence-corrected chi connectivity index (χ2v) is 6.84. The van der Waals surface area contributed by atoms with E-state index in [0.29, 0.717) is 22.8 Å². The van der Waals surface area contributed by atoms with E-state index < -0.39 is 0 Å². The fraction of sp³-hybridized carbons (Fsp3) is 0.182. The van der Waals surface area contributed by atoms with Crippen LogP contribution in [0.1, 0.15) is 5.56 Å². The Morgan fingerprint density at radius 2 is 2.03 bits per heavy atom. The third kappa shape index (κ3) is 3.32. The Kier molecular flexibility index (Phi) is 5.05. The quantitative estimate of drug-likeness (QED) is 0.561. The van der Waals surface area contributed by atoms with Gasteiger partial charge in [-0.05, 0) is 30.7 Å². The molecule has 3 aromatic heterocycles. The number of nitrogens with zero attached hydrogens (tertiary/aromatic N) is 5. The van der Waals surface area contributed by atoms with E-state index in [1.165, 1.54) is 0 Å². The summed E-state index contributed by atoms with van der Waals surface area (Å²) in [6.07, 6.45) is 7.11. The molecule has 152 valence electrons. The van der Waals surface area contributed by atoms with E-state index in [9.17, 15) is 4.79 Å². The first-order chi connectivity index (χ1) is 14.5. The lowest BCUT2D eigenvalue weighted by atomic mass is 10.0. The van der Waals surface area contributed by atoms with Crippen LogP contribution in [0.3, 0.4) is 0 Å². The Hall–Kier alpha value is -3.94. The van der Waals surface area contributed by atoms with E-state index in [4.69, 9.17) is 4.74 Å². The Labute approximate surface area is 174 Å². The third-order valence-corrected chi connectivity index (χ3v) is 4.88. The molecule has 1 N–H and O–H groups in total. The SMILES string of the molecule is CNC(=O)N(c1ccccn1)c1c(C)cnc2cc(OC)c(-c3cnn(C)c3)cc12. The van der Waals surface area contributed by atoms with E-state index in [1.54, 1.807) is 48.4 Å². The molecule has 0 bridgehead atoms. The number of aromatic nitrogens is 4. The number of aryl methyl sites for hydroxylation is 2. The predicted octanol–water partition coefficient (Wildman–Crippen LogP) is 3.82. The number of amides is 2. The number of rotatable bonds is 4. The van der Waals surface area contributed by atoms with Crippen LogP contribution in [0, 0.1) is 6.92 Å². The van der Waals surface area contributed by atoms with Gasteiger partial charge in [0.25, 0.3) is 0 Å². The number of pyridine rings is 2. The molecule has 1 aromatic carbocycles. The summed E-state index contributed by atoms with van der Waals surface area (Å²) in [6, 6.07) is 9.03. The molecule has 8 nitrogen and oxygen atoms in total. The van der Waals surface area contributed by atoms with E-state index in [1.807, 2.05) is 44.4 Å². The predicted molar refractivity (Wildman–Crippen MR) is 116 cm³/mol. The lowest BCUT2D eigenvalue weighted by Crippen LogP contribution is -2.35. The number of methoxy groups -OCH3 is 1. The van der Waals surface area contributed by atoms with Crippen LogP contribution in [-0.2, 0) is 7.05 Å². The fourth-order valence-electron chi connectivity index (χ4n) is 3.48. The molecule has 3 heterocycles. The van der Waals surface area contributed by atoms with Crippen molar-refractivity contribution in [1.29, 1.82) is 0 Å². The average Bonchev–Trinajstić information content (AvgIpc) is 3.21. The fourth-order valence-corrected chi connectivity index (χ4v) is 3.48. The minimum Gasteiger partial charge on any atom is -0.496 e. The molecule has 0 unspecified atom stereocenters. The van der Waals surface area contributed by atoms with Crippen molar-refractivity contribution in [1.82, 2.24) is 25.1 Å². The van der Waals surface area contributed by atoms with Crippen LogP contribution in [-0.4, -0.2) is 39.9 Å². The maximum atomic E-state index is 12.9. The minimum absolute atomic E-state index is 0.289. The summed E-state index contributed by atoms with van der Waals surface area (Å²) in [7, 11) is 5.09. The highest BCUT2D eigenvalue weighted by Gasteiger charge is 2.24. The Morgan fingerprint density at radius 1 is 1.20 bits per heavy atom. The molecule has 8 heteroatoms. The molecule has 4 rings (SSSR count). The van der Waals surface area contributed by atoms with Crippen LogP contribution in [0.4, 0.5) is 16.3 Å². The van der Waals surface area contributed by atoms with Crippen molar-refractivity contribution in [3.63, 3.8) is 0 Å². The number of fused-ring (bicyclic) bond motifs is 1. The number of anilines is 2. The first kappa shape index (κ1) is 19.4. The van der Waals surface area contributed by atoms with Crippen LogP contribution in [0.2, 0.25) is 0 Å². The molecule has 0 saturated carbocycles. The van der Waals surface area contributed by atoms with Gasteiger partial charge in [-0.25, -0.2) is 14.7 Å². The van der Waals surface area contributed by atoms with Crippen LogP contribution in [0.25, 0.3) is 22.0 Å². The van der Waals surface area contributed by atoms with Gasteiger partial charge in [-0.1, -0.05) is 6.07 Å². The molecule has 2 amide bonds. The Bertz CT molecular complexity index is 1220. The van der Waals surface area contributed by atoms with Crippen molar-refractivity contribution in [2.24, 2.45) is 7.05 Å². The van der Waals surface area contributed by atoms with Gasteiger partial charge in [-0.2, -0.15) is 5.10 Å². The number of ether oxygens (including phenoxy) is 1. The van der Waals surface area contributed by atoms with Gasteiger partial charge in [-0.15, -0.1) is 0 Å². The first-order valence-electron chi connectivity index (χ1n) is 9.42. The van der Waals surface area contributed by atoms with Crippen LogP contribution in [0.5, 0.6) is 5.75 Å². The number of carbonyl (C=O) groups is 1. The highest BCUT2D eigenvalue weighted by molar-refractivity contribution is 6.08. The van der Waals surface area contributed by atoms with Crippen molar-refractivity contribution < 1.29 is 9.53 Å². The van der Waals surface area contributed by atoms with Crippen LogP contribution in [0.15, 0.2) is 55.1 Å². The van der Waals surface area contributed by atoms with Crippen molar-refractivity contribution >= 4 is 28.4 Å². The maximum Gasteiger partial charge on any atom is 0.327 e. The van der Waals surface area contributed by atoms with Gasteiger partial charge in [0, 0.05) is 55.3 Å². The highest BCUT2D eigenvalue weighted by atomic mass is 16.5. The largest absolute Gasteiger partial charge is 0.496 e. The lowest BCUT2D eigenvalue weighted by molar-refractivity contribution is 0.250. The van der Waals surface area contributed by atoms with Gasteiger partial charge in [0.2, 0.25) is 0 Å². The summed E-state index contributed by atoms with van der Waals surface area (Å²) in [5, 5.41) is 7.80. The molecule has 4 aromatic rings. The van der Waals surface area contributed by atoms with Crippen molar-refractivity contribution in [3.8, 4) is 16.9 Å². The van der Waals surface area contributed by atoms with Gasteiger partial charge in [0.05, 0.1) is 24.5 Å². The summed E-state index contributed by atoms with van der Waals surface area (Å²) in [5.74, 6) is 1.20. The molecule has 0 fully saturated rings. The second kappa shape index (κ2) is 7.82. The molecular weight excluding hydrogens is 380 g/mol. The third-order valence-electron chi connectivity index (χ3n) is 4.88. The molecule has 0 aliphatic heterocycles. The smallest absolute Gasteiger partial charge is 0.327 e. The van der Waals surface area contributed by atoms with Crippen molar-refractivity contribution in [3.05, 3.63) is 60.7 Å². The van der Waals surface area contributed by atoms with Gasteiger partial charge in [-0.3, -0.25) is 9.67 Å². The minimum atomic E-state index is -0.289. The Morgan fingerprint density at radius 3 is 2.67 bits per heavy atom. The van der Waals surface area contributed by atoms with Crippen molar-refractivity contribution in [2.45, 2.75) is 6.92 Å². The summed E-state index contributed by atoms with van der Waals surface area (Å²) in [4.78, 5) is 23.4. The number of nitrogens with one attached hydrogen (secondary N) is 1. The molecular formula is C22H22N6O2. The zero-order valence-corrected chi connectivity index (χ0v) is 17.2. The van der Waals surface area contributed by atoms with E-state index >= 15 is 0 Å². The van der Waals surface area contributed by atoms with E-state index in [-0.39, 0.29) is 6.03 Å². The molecule has 30 heavy (non-hydrogen) atoms. The number of hydrogen-bond donors (Lipinski definition) is 1. The maximum absolute atomic E-state index is 12.9. The van der Waals surface area contributed by atoms with Gasteiger partial charge < -0.3 is 10.1 Å². The standard InChI is InChI=1S/C22H22N6O2/c1-14-11-25-18-10-19(30-4)16(15-12-26-27(3)13-15)9-17(18)21(14)28(22(29)23-2)20-7-5-6-8-24-20/h5-13H,1-4H3,(H,23,29). The first-order valence-corrected chi connectivity index (χ1v) is 9.42. The monoisotopic (exact) mass is 402 g/mol. The zero-order chi connectivity index (χ0) is 21.3. The van der Waals surface area contributed by atoms with Crippen molar-refractivity contribution in [2.75, 3.05) is 19.1 Å². The molecule has 0 atom stereocenters. The number of benzene rings is 1. The van der Waals surface area contributed by atoms with E-state index in [2.05, 4.69) is 20.4 Å². The average molecular weight is 402 g/mol. The topological polar surface area (TPSA) is 85.2 Å². The Balaban J connectivity index is 2.03. The molecule has 0 spiro atoms. The summed E-state index contributed by atoms with van der Waals surface area (Å²) in [5.41, 5.74) is 4.05. The van der Waals surface area contributed by atoms with E-state index in [0.717, 1.165) is 22.1 Å². The number of hydrogen-bond acceptors (Lipinski definition) is 5. The van der Waals surface area contributed by atoms with Crippen LogP contribution >= 0.6 is 0 Å². The zero-order valence-electron chi connectivity index (χ0n) is 17.2. The van der Waals surface area contributed by atoms with Gasteiger partial charge in [0.1, 0.15) is 11.6 Å². The summed E-state index contributed by atoms with van der Waals surface area (Å²) in [6.45, 7) is 1.93. The number of carbonyl (C=O) groups excluding carboxylic acids is 1. The molecule has 0 aliphatic rings. The highest BCUT2D eigenvalue weighted by Crippen LogP contribution is 2.39. The molecule has 0 radical (unpaired) electrons. The summed E-state index contributed by atoms with van der Waals surface area (Å²) < 4.78 is 7.35. The normalized spacial score (nSPS) is 10.8. The molecule has 0 saturated heterocycles.